The van der Waals surface area contributed by atoms with E-state index in [0.29, 0.717) is 12.0 Å². The van der Waals surface area contributed by atoms with Crippen molar-refractivity contribution in [3.63, 3.8) is 0 Å². The van der Waals surface area contributed by atoms with Crippen LogP contribution in [0.1, 0.15) is 31.4 Å². The lowest BCUT2D eigenvalue weighted by Crippen LogP contribution is -2.16. The number of anilines is 2. The number of benzene rings is 2. The number of nitrogens with one attached hydrogen (secondary N) is 2. The molecule has 1 heterocycles. The molecule has 4 heteroatoms. The molecule has 0 radical (unpaired) electrons. The molecule has 134 valence electrons. The quantitative estimate of drug-likeness (QED) is 0.611. The summed E-state index contributed by atoms with van der Waals surface area (Å²) in [7, 11) is 0. The predicted octanol–water partition coefficient (Wildman–Crippen LogP) is 5.27. The molecule has 3 rings (SSSR count). The minimum Gasteiger partial charge on any atom is -0.366 e. The molecule has 0 aliphatic rings. The summed E-state index contributed by atoms with van der Waals surface area (Å²) in [6.07, 6.45) is 1.02. The van der Waals surface area contributed by atoms with Gasteiger partial charge in [0.1, 0.15) is 5.82 Å². The second-order valence-electron chi connectivity index (χ2n) is 6.62. The fourth-order valence-corrected chi connectivity index (χ4v) is 2.70. The molecule has 2 N–H and O–H groups in total. The molecule has 0 saturated heterocycles. The third-order valence-corrected chi connectivity index (χ3v) is 4.34. The number of aryl methyl sites for hydroxylation is 1. The smallest absolute Gasteiger partial charge is 0.225 e. The molecule has 0 unspecified atom stereocenters. The van der Waals surface area contributed by atoms with Crippen LogP contribution >= 0.6 is 0 Å². The third-order valence-electron chi connectivity index (χ3n) is 4.34. The van der Waals surface area contributed by atoms with Gasteiger partial charge in [0.25, 0.3) is 0 Å². The van der Waals surface area contributed by atoms with E-state index in [1.54, 1.807) is 0 Å². The monoisotopic (exact) mass is 346 g/mol. The van der Waals surface area contributed by atoms with Crippen molar-refractivity contribution in [2.75, 3.05) is 10.6 Å². The second-order valence-corrected chi connectivity index (χ2v) is 6.62. The van der Waals surface area contributed by atoms with Crippen molar-refractivity contribution < 1.29 is 0 Å². The van der Waals surface area contributed by atoms with Gasteiger partial charge in [-0.2, -0.15) is 4.98 Å². The van der Waals surface area contributed by atoms with Gasteiger partial charge in [0.15, 0.2) is 0 Å². The Kier molecular flexibility index (Phi) is 5.84. The highest BCUT2D eigenvalue weighted by molar-refractivity contribution is 5.64. The van der Waals surface area contributed by atoms with Crippen LogP contribution in [0.5, 0.6) is 0 Å². The summed E-state index contributed by atoms with van der Waals surface area (Å²) >= 11 is 0. The third kappa shape index (κ3) is 4.82. The molecule has 4 nitrogen and oxygen atoms in total. The van der Waals surface area contributed by atoms with Crippen molar-refractivity contribution in [2.45, 2.75) is 39.8 Å². The second kappa shape index (κ2) is 8.48. The van der Waals surface area contributed by atoms with Gasteiger partial charge in [-0.25, -0.2) is 4.98 Å². The summed E-state index contributed by atoms with van der Waals surface area (Å²) < 4.78 is 0. The maximum absolute atomic E-state index is 4.70. The fraction of sp³-hybridized carbons (Fsp3) is 0.273. The van der Waals surface area contributed by atoms with E-state index >= 15 is 0 Å². The Morgan fingerprint density at radius 1 is 0.962 bits per heavy atom. The van der Waals surface area contributed by atoms with Crippen LogP contribution < -0.4 is 10.6 Å². The summed E-state index contributed by atoms with van der Waals surface area (Å²) in [5, 5.41) is 6.83. The average Bonchev–Trinajstić information content (AvgIpc) is 2.67. The first-order valence-electron chi connectivity index (χ1n) is 9.14. The average molecular weight is 346 g/mol. The summed E-state index contributed by atoms with van der Waals surface area (Å²) in [5.74, 6) is 1.48. The maximum atomic E-state index is 4.70. The van der Waals surface area contributed by atoms with Gasteiger partial charge in [-0.1, -0.05) is 67.1 Å². The highest BCUT2D eigenvalue weighted by Gasteiger charge is 2.09. The lowest BCUT2D eigenvalue weighted by Gasteiger charge is -2.15. The van der Waals surface area contributed by atoms with E-state index in [1.807, 2.05) is 24.3 Å². The van der Waals surface area contributed by atoms with E-state index in [9.17, 15) is 0 Å². The molecule has 0 aliphatic heterocycles. The van der Waals surface area contributed by atoms with E-state index in [2.05, 4.69) is 72.8 Å². The molecule has 0 amide bonds. The van der Waals surface area contributed by atoms with E-state index in [1.165, 1.54) is 11.1 Å². The zero-order valence-corrected chi connectivity index (χ0v) is 15.7. The lowest BCUT2D eigenvalue weighted by atomic mass is 10.1. The topological polar surface area (TPSA) is 49.8 Å². The molecular formula is C22H26N4. The van der Waals surface area contributed by atoms with Crippen molar-refractivity contribution in [1.29, 1.82) is 0 Å². The van der Waals surface area contributed by atoms with Gasteiger partial charge >= 0.3 is 0 Å². The molecular weight excluding hydrogens is 320 g/mol. The molecule has 26 heavy (non-hydrogen) atoms. The molecule has 1 atom stereocenters. The van der Waals surface area contributed by atoms with Gasteiger partial charge in [-0.3, -0.25) is 0 Å². The predicted molar refractivity (Wildman–Crippen MR) is 109 cm³/mol. The van der Waals surface area contributed by atoms with Gasteiger partial charge in [-0.05, 0) is 25.8 Å². The first-order valence-corrected chi connectivity index (χ1v) is 9.14. The fourth-order valence-electron chi connectivity index (χ4n) is 2.70. The van der Waals surface area contributed by atoms with E-state index in [0.717, 1.165) is 30.0 Å². The normalized spacial score (nSPS) is 11.8. The Morgan fingerprint density at radius 2 is 1.77 bits per heavy atom. The van der Waals surface area contributed by atoms with Gasteiger partial charge in [0.05, 0.1) is 5.69 Å². The van der Waals surface area contributed by atoms with Gasteiger partial charge in [0, 0.05) is 24.2 Å². The largest absolute Gasteiger partial charge is 0.366 e. The first kappa shape index (κ1) is 17.9. The zero-order valence-electron chi connectivity index (χ0n) is 15.7. The number of hydrogen-bond donors (Lipinski definition) is 2. The molecule has 1 aromatic heterocycles. The van der Waals surface area contributed by atoms with Gasteiger partial charge in [-0.15, -0.1) is 0 Å². The summed E-state index contributed by atoms with van der Waals surface area (Å²) in [6.45, 7) is 7.12. The van der Waals surface area contributed by atoms with Crippen LogP contribution in [0.2, 0.25) is 0 Å². The van der Waals surface area contributed by atoms with Crippen LogP contribution in [0.4, 0.5) is 11.8 Å². The number of aromatic nitrogens is 2. The Morgan fingerprint density at radius 3 is 2.50 bits per heavy atom. The number of rotatable bonds is 7. The zero-order chi connectivity index (χ0) is 18.4. The van der Waals surface area contributed by atoms with Gasteiger partial charge < -0.3 is 10.6 Å². The van der Waals surface area contributed by atoms with Crippen LogP contribution in [0.25, 0.3) is 11.3 Å². The van der Waals surface area contributed by atoms with E-state index in [4.69, 9.17) is 4.98 Å². The van der Waals surface area contributed by atoms with Crippen LogP contribution in [0.15, 0.2) is 60.7 Å². The number of hydrogen-bond acceptors (Lipinski definition) is 4. The Labute approximate surface area is 155 Å². The van der Waals surface area contributed by atoms with Crippen LogP contribution in [0.3, 0.4) is 0 Å². The standard InChI is InChI=1S/C22H26N4/c1-4-17(3)24-22-25-20(19-11-6-5-7-12-19)14-21(26-22)23-15-18-10-8-9-16(2)13-18/h5-14,17H,4,15H2,1-3H3,(H2,23,24,25,26)/t17-/m0/s1. The minimum absolute atomic E-state index is 0.325. The van der Waals surface area contributed by atoms with Gasteiger partial charge in [0.2, 0.25) is 5.95 Å². The molecule has 0 aliphatic carbocycles. The molecule has 0 fully saturated rings. The first-order chi connectivity index (χ1) is 12.6. The van der Waals surface area contributed by atoms with E-state index in [-0.39, 0.29) is 0 Å². The summed E-state index contributed by atoms with van der Waals surface area (Å²) in [6, 6.07) is 21.0. The van der Waals surface area contributed by atoms with E-state index < -0.39 is 0 Å². The molecule has 2 aromatic carbocycles. The molecule has 0 bridgehead atoms. The van der Waals surface area contributed by atoms with Crippen LogP contribution in [0, 0.1) is 6.92 Å². The SMILES string of the molecule is CC[C@H](C)Nc1nc(NCc2cccc(C)c2)cc(-c2ccccc2)n1. The van der Waals surface area contributed by atoms with Crippen molar-refractivity contribution in [3.8, 4) is 11.3 Å². The van der Waals surface area contributed by atoms with Crippen molar-refractivity contribution >= 4 is 11.8 Å². The lowest BCUT2D eigenvalue weighted by molar-refractivity contribution is 0.753. The molecule has 0 spiro atoms. The molecule has 3 aromatic rings. The highest BCUT2D eigenvalue weighted by Crippen LogP contribution is 2.22. The van der Waals surface area contributed by atoms with Crippen molar-refractivity contribution in [3.05, 3.63) is 71.8 Å². The number of nitrogens with zero attached hydrogens (tertiary/aromatic N) is 2. The van der Waals surface area contributed by atoms with Crippen molar-refractivity contribution in [1.82, 2.24) is 9.97 Å². The highest BCUT2D eigenvalue weighted by atomic mass is 15.2. The van der Waals surface area contributed by atoms with Crippen LogP contribution in [-0.4, -0.2) is 16.0 Å². The summed E-state index contributed by atoms with van der Waals surface area (Å²) in [5.41, 5.74) is 4.50. The maximum Gasteiger partial charge on any atom is 0.225 e. The summed E-state index contributed by atoms with van der Waals surface area (Å²) in [4.78, 5) is 9.35. The van der Waals surface area contributed by atoms with Crippen molar-refractivity contribution in [2.24, 2.45) is 0 Å². The Bertz CT molecular complexity index is 846. The Hall–Kier alpha value is -2.88. The minimum atomic E-state index is 0.325. The Balaban J connectivity index is 1.86. The van der Waals surface area contributed by atoms with Crippen LogP contribution in [-0.2, 0) is 6.54 Å². The molecule has 0 saturated carbocycles.